The van der Waals surface area contributed by atoms with Gasteiger partial charge in [0.15, 0.2) is 0 Å². The zero-order valence-electron chi connectivity index (χ0n) is 15.5. The van der Waals surface area contributed by atoms with Crippen molar-refractivity contribution in [3.05, 3.63) is 22.4 Å². The molecule has 1 spiro atoms. The van der Waals surface area contributed by atoms with E-state index in [2.05, 4.69) is 22.2 Å². The zero-order chi connectivity index (χ0) is 17.7. The van der Waals surface area contributed by atoms with Gasteiger partial charge >= 0.3 is 0 Å². The molecule has 5 heterocycles. The number of rotatable bonds is 4. The maximum Gasteiger partial charge on any atom is 0.252 e. The number of hydrogen-bond donors (Lipinski definition) is 1. The van der Waals surface area contributed by atoms with E-state index in [1.807, 2.05) is 16.8 Å². The summed E-state index contributed by atoms with van der Waals surface area (Å²) in [6, 6.07) is 2.62. The average Bonchev–Trinajstić information content (AvgIpc) is 3.40. The van der Waals surface area contributed by atoms with Crippen molar-refractivity contribution < 1.29 is 9.53 Å². The second kappa shape index (κ2) is 6.59. The Morgan fingerprint density at radius 1 is 1.38 bits per heavy atom. The Morgan fingerprint density at radius 2 is 2.23 bits per heavy atom. The van der Waals surface area contributed by atoms with Crippen molar-refractivity contribution in [1.29, 1.82) is 0 Å². The van der Waals surface area contributed by atoms with Crippen LogP contribution in [0.4, 0.5) is 0 Å². The fourth-order valence-electron chi connectivity index (χ4n) is 5.84. The van der Waals surface area contributed by atoms with Gasteiger partial charge in [-0.25, -0.2) is 0 Å². The van der Waals surface area contributed by atoms with Crippen LogP contribution >= 0.6 is 11.3 Å². The van der Waals surface area contributed by atoms with Gasteiger partial charge in [-0.3, -0.25) is 9.69 Å². The quantitative estimate of drug-likeness (QED) is 0.875. The summed E-state index contributed by atoms with van der Waals surface area (Å²) in [7, 11) is 2.23. The number of hydrogen-bond acceptors (Lipinski definition) is 5. The standard InChI is InChI=1S/C20H29N3O2S/c1-22-7-3-15(4-8-22)23-11-17-16(18-2-6-20(17,13-23)25-18)10-21-19(24)14-5-9-26-12-14/h5,9,12,15-18H,2-4,6-8,10-11,13H2,1H3,(H,21,24)/t16-,17+,18+,20+/m0/s1. The van der Waals surface area contributed by atoms with Crippen LogP contribution in [-0.4, -0.2) is 73.2 Å². The van der Waals surface area contributed by atoms with Crippen molar-refractivity contribution in [2.45, 2.75) is 43.4 Å². The second-order valence-corrected chi connectivity index (χ2v) is 9.50. The molecule has 5 rings (SSSR count). The SMILES string of the molecule is CN1CCC(N2C[C@@H]3[C@H](CNC(=O)c4ccsc4)[C@H]4CC[C@]3(C2)O4)CC1. The normalized spacial score (nSPS) is 38.0. The maximum atomic E-state index is 12.3. The van der Waals surface area contributed by atoms with E-state index in [4.69, 9.17) is 4.74 Å². The average molecular weight is 376 g/mol. The highest BCUT2D eigenvalue weighted by molar-refractivity contribution is 7.08. The molecule has 0 aliphatic carbocycles. The molecule has 0 radical (unpaired) electrons. The third-order valence-electron chi connectivity index (χ3n) is 7.30. The minimum Gasteiger partial charge on any atom is -0.370 e. The first-order valence-corrected chi connectivity index (χ1v) is 11.0. The Labute approximate surface area is 159 Å². The van der Waals surface area contributed by atoms with Gasteiger partial charge < -0.3 is 15.0 Å². The number of carbonyl (C=O) groups is 1. The van der Waals surface area contributed by atoms with Gasteiger partial charge in [-0.05, 0) is 57.3 Å². The predicted octanol–water partition coefficient (Wildman–Crippen LogP) is 2.05. The Hall–Kier alpha value is -0.950. The van der Waals surface area contributed by atoms with E-state index < -0.39 is 0 Å². The van der Waals surface area contributed by atoms with Gasteiger partial charge in [-0.1, -0.05) is 0 Å². The fraction of sp³-hybridized carbons (Fsp3) is 0.750. The molecule has 5 nitrogen and oxygen atoms in total. The molecule has 6 heteroatoms. The number of nitrogens with zero attached hydrogens (tertiary/aromatic N) is 2. The van der Waals surface area contributed by atoms with E-state index in [1.54, 1.807) is 11.3 Å². The fourth-order valence-corrected chi connectivity index (χ4v) is 6.48. The smallest absolute Gasteiger partial charge is 0.252 e. The summed E-state index contributed by atoms with van der Waals surface area (Å²) in [6.45, 7) is 5.44. The zero-order valence-corrected chi connectivity index (χ0v) is 16.3. The number of fused-ring (bicyclic) bond motifs is 1. The molecule has 26 heavy (non-hydrogen) atoms. The van der Waals surface area contributed by atoms with Crippen molar-refractivity contribution >= 4 is 17.2 Å². The van der Waals surface area contributed by atoms with Crippen LogP contribution in [0.1, 0.15) is 36.0 Å². The van der Waals surface area contributed by atoms with Crippen LogP contribution in [0.15, 0.2) is 16.8 Å². The molecule has 1 aromatic rings. The van der Waals surface area contributed by atoms with Gasteiger partial charge in [0.1, 0.15) is 0 Å². The Kier molecular flexibility index (Phi) is 4.35. The van der Waals surface area contributed by atoms with Crippen LogP contribution in [0, 0.1) is 11.8 Å². The third-order valence-corrected chi connectivity index (χ3v) is 7.98. The lowest BCUT2D eigenvalue weighted by atomic mass is 9.73. The lowest BCUT2D eigenvalue weighted by Gasteiger charge is -2.36. The number of likely N-dealkylation sites (tertiary alicyclic amines) is 2. The molecule has 1 aromatic heterocycles. The molecule has 1 N–H and O–H groups in total. The van der Waals surface area contributed by atoms with Crippen LogP contribution in [0.5, 0.6) is 0 Å². The molecule has 1 amide bonds. The van der Waals surface area contributed by atoms with Gasteiger partial charge in [0.25, 0.3) is 5.91 Å². The molecular formula is C20H29N3O2S. The molecule has 4 aliphatic rings. The van der Waals surface area contributed by atoms with E-state index in [9.17, 15) is 4.79 Å². The van der Waals surface area contributed by atoms with Crippen molar-refractivity contribution in [3.63, 3.8) is 0 Å². The molecule has 2 bridgehead atoms. The molecule has 4 atom stereocenters. The van der Waals surface area contributed by atoms with E-state index in [0.29, 0.717) is 17.9 Å². The van der Waals surface area contributed by atoms with Crippen LogP contribution in [0.3, 0.4) is 0 Å². The molecule has 0 unspecified atom stereocenters. The summed E-state index contributed by atoms with van der Waals surface area (Å²) in [5.41, 5.74) is 0.861. The predicted molar refractivity (Wildman–Crippen MR) is 103 cm³/mol. The number of thiophene rings is 1. The highest BCUT2D eigenvalue weighted by Crippen LogP contribution is 2.55. The largest absolute Gasteiger partial charge is 0.370 e. The summed E-state index contributed by atoms with van der Waals surface area (Å²) in [4.78, 5) is 17.5. The Morgan fingerprint density at radius 3 is 3.00 bits per heavy atom. The summed E-state index contributed by atoms with van der Waals surface area (Å²) >= 11 is 1.57. The van der Waals surface area contributed by atoms with Gasteiger partial charge in [0, 0.05) is 48.5 Å². The summed E-state index contributed by atoms with van der Waals surface area (Å²) in [6.07, 6.45) is 5.28. The molecular weight excluding hydrogens is 346 g/mol. The topological polar surface area (TPSA) is 44.8 Å². The van der Waals surface area contributed by atoms with Gasteiger partial charge in [-0.15, -0.1) is 0 Å². The van der Waals surface area contributed by atoms with E-state index in [-0.39, 0.29) is 11.5 Å². The lowest BCUT2D eigenvalue weighted by Crippen LogP contribution is -2.44. The summed E-state index contributed by atoms with van der Waals surface area (Å²) in [5, 5.41) is 7.07. The van der Waals surface area contributed by atoms with Crippen molar-refractivity contribution in [1.82, 2.24) is 15.1 Å². The first kappa shape index (κ1) is 17.2. The summed E-state index contributed by atoms with van der Waals surface area (Å²) < 4.78 is 6.56. The highest BCUT2D eigenvalue weighted by atomic mass is 32.1. The molecule has 4 saturated heterocycles. The number of carbonyl (C=O) groups excluding carboxylic acids is 1. The molecule has 0 saturated carbocycles. The first-order chi connectivity index (χ1) is 12.6. The third kappa shape index (κ3) is 2.82. The molecule has 0 aromatic carbocycles. The second-order valence-electron chi connectivity index (χ2n) is 8.72. The Bertz CT molecular complexity index is 658. The van der Waals surface area contributed by atoms with Gasteiger partial charge in [0.05, 0.1) is 11.7 Å². The molecule has 4 fully saturated rings. The van der Waals surface area contributed by atoms with Crippen LogP contribution < -0.4 is 5.32 Å². The van der Waals surface area contributed by atoms with Gasteiger partial charge in [-0.2, -0.15) is 11.3 Å². The van der Waals surface area contributed by atoms with Crippen molar-refractivity contribution in [2.24, 2.45) is 11.8 Å². The molecule has 142 valence electrons. The maximum absolute atomic E-state index is 12.3. The van der Waals surface area contributed by atoms with E-state index in [1.165, 1.54) is 32.4 Å². The number of ether oxygens (including phenoxy) is 1. The minimum atomic E-state index is 0.0632. The Balaban J connectivity index is 1.24. The highest BCUT2D eigenvalue weighted by Gasteiger charge is 2.63. The monoisotopic (exact) mass is 375 g/mol. The lowest BCUT2D eigenvalue weighted by molar-refractivity contribution is -0.00416. The number of nitrogens with one attached hydrogen (secondary N) is 1. The number of piperidine rings is 1. The first-order valence-electron chi connectivity index (χ1n) is 10.1. The van der Waals surface area contributed by atoms with E-state index in [0.717, 1.165) is 37.7 Å². The van der Waals surface area contributed by atoms with Gasteiger partial charge in [0.2, 0.25) is 0 Å². The van der Waals surface area contributed by atoms with Crippen LogP contribution in [0.2, 0.25) is 0 Å². The van der Waals surface area contributed by atoms with Crippen molar-refractivity contribution in [3.8, 4) is 0 Å². The summed E-state index contributed by atoms with van der Waals surface area (Å²) in [5.74, 6) is 1.12. The minimum absolute atomic E-state index is 0.0632. The van der Waals surface area contributed by atoms with Crippen LogP contribution in [0.25, 0.3) is 0 Å². The van der Waals surface area contributed by atoms with Crippen molar-refractivity contribution in [2.75, 3.05) is 39.8 Å². The molecule has 4 aliphatic heterocycles. The number of amides is 1. The van der Waals surface area contributed by atoms with E-state index >= 15 is 0 Å². The van der Waals surface area contributed by atoms with Crippen LogP contribution in [-0.2, 0) is 4.74 Å².